The number of fused-ring (bicyclic) bond motifs is 1. The minimum atomic E-state index is -0.617. The second-order valence-electron chi connectivity index (χ2n) is 13.1. The van der Waals surface area contributed by atoms with Crippen molar-refractivity contribution in [3.63, 3.8) is 0 Å². The first kappa shape index (κ1) is 30.4. The number of aromatic amines is 1. The maximum absolute atomic E-state index is 14.3. The van der Waals surface area contributed by atoms with Gasteiger partial charge in [-0.05, 0) is 74.8 Å². The zero-order valence-electron chi connectivity index (χ0n) is 26.2. The average Bonchev–Trinajstić information content (AvgIpc) is 3.77. The fraction of sp³-hybridized carbons (Fsp3) is 0.500. The van der Waals surface area contributed by atoms with Crippen molar-refractivity contribution in [2.45, 2.75) is 65.7 Å². The largest absolute Gasteiger partial charge is 0.338 e. The number of rotatable bonds is 8. The number of thiazole rings is 1. The molecule has 9 nitrogen and oxygen atoms in total. The highest BCUT2D eigenvalue weighted by Crippen LogP contribution is 2.49. The van der Waals surface area contributed by atoms with Crippen LogP contribution in [0.5, 0.6) is 0 Å². The summed E-state index contributed by atoms with van der Waals surface area (Å²) >= 11 is 1.64. The van der Waals surface area contributed by atoms with Gasteiger partial charge in [0, 0.05) is 60.1 Å². The molecule has 2 unspecified atom stereocenters. The Balaban J connectivity index is 1.16. The van der Waals surface area contributed by atoms with E-state index in [0.717, 1.165) is 65.2 Å². The van der Waals surface area contributed by atoms with E-state index in [2.05, 4.69) is 63.3 Å². The van der Waals surface area contributed by atoms with Crippen LogP contribution in [0.4, 0.5) is 5.69 Å². The Kier molecular flexibility index (Phi) is 8.57. The highest BCUT2D eigenvalue weighted by atomic mass is 32.1. The van der Waals surface area contributed by atoms with Crippen LogP contribution in [0.3, 0.4) is 0 Å². The maximum atomic E-state index is 14.3. The number of carbonyl (C=O) groups excluding carboxylic acids is 2. The molecule has 3 aromatic rings. The van der Waals surface area contributed by atoms with E-state index in [1.807, 2.05) is 47.8 Å². The van der Waals surface area contributed by atoms with Gasteiger partial charge in [-0.15, -0.1) is 11.3 Å². The van der Waals surface area contributed by atoms with E-state index < -0.39 is 5.41 Å². The van der Waals surface area contributed by atoms with Gasteiger partial charge >= 0.3 is 0 Å². The summed E-state index contributed by atoms with van der Waals surface area (Å²) in [5.41, 5.74) is 4.07. The number of likely N-dealkylation sites (tertiary alicyclic amines) is 1. The Bertz CT molecular complexity index is 1620. The first-order valence-electron chi connectivity index (χ1n) is 15.8. The Morgan fingerprint density at radius 1 is 1.25 bits per heavy atom. The number of aromatic nitrogens is 3. The molecule has 2 N–H and O–H groups in total. The molecular formula is C34H43N7O2S. The van der Waals surface area contributed by atoms with Crippen LogP contribution in [0.2, 0.25) is 0 Å². The van der Waals surface area contributed by atoms with Crippen LogP contribution in [0.25, 0.3) is 16.5 Å². The van der Waals surface area contributed by atoms with Crippen molar-refractivity contribution in [1.82, 2.24) is 25.0 Å². The lowest BCUT2D eigenvalue weighted by Gasteiger charge is -2.42. The summed E-state index contributed by atoms with van der Waals surface area (Å²) in [7, 11) is 0. The van der Waals surface area contributed by atoms with Crippen LogP contribution < -0.4 is 5.32 Å². The molecule has 1 saturated heterocycles. The van der Waals surface area contributed by atoms with Crippen LogP contribution in [0.1, 0.15) is 76.4 Å². The van der Waals surface area contributed by atoms with Crippen molar-refractivity contribution in [3.8, 4) is 0 Å². The monoisotopic (exact) mass is 613 g/mol. The summed E-state index contributed by atoms with van der Waals surface area (Å²) < 4.78 is 0. The van der Waals surface area contributed by atoms with E-state index in [1.165, 1.54) is 5.57 Å². The molecule has 3 aliphatic rings. The number of benzene rings is 1. The molecular weight excluding hydrogens is 570 g/mol. The number of allylic oxidation sites excluding steroid dienone is 2. The summed E-state index contributed by atoms with van der Waals surface area (Å²) in [6.45, 7) is 11.5. The molecule has 6 rings (SSSR count). The van der Waals surface area contributed by atoms with Gasteiger partial charge in [0.1, 0.15) is 5.01 Å². The van der Waals surface area contributed by atoms with Crippen molar-refractivity contribution in [2.75, 3.05) is 38.0 Å². The van der Waals surface area contributed by atoms with Gasteiger partial charge in [-0.3, -0.25) is 24.6 Å². The number of nitrogens with zero attached hydrogens (tertiary/aromatic N) is 5. The molecule has 0 radical (unpaired) electrons. The van der Waals surface area contributed by atoms with Gasteiger partial charge in [-0.2, -0.15) is 5.10 Å². The summed E-state index contributed by atoms with van der Waals surface area (Å²) in [6, 6.07) is 5.96. The van der Waals surface area contributed by atoms with Crippen LogP contribution >= 0.6 is 11.3 Å². The van der Waals surface area contributed by atoms with Gasteiger partial charge in [0.25, 0.3) is 0 Å². The third-order valence-electron chi connectivity index (χ3n) is 10.1. The number of aliphatic imine (C=N–C) groups is 1. The molecule has 2 amide bonds. The van der Waals surface area contributed by atoms with Crippen LogP contribution in [0, 0.1) is 10.8 Å². The smallest absolute Gasteiger partial charge is 0.237 e. The van der Waals surface area contributed by atoms with Gasteiger partial charge in [0.15, 0.2) is 0 Å². The normalized spacial score (nSPS) is 23.0. The summed E-state index contributed by atoms with van der Waals surface area (Å²) in [5.74, 6) is 0.335. The van der Waals surface area contributed by atoms with Gasteiger partial charge in [-0.1, -0.05) is 32.9 Å². The zero-order chi connectivity index (χ0) is 30.9. The van der Waals surface area contributed by atoms with Gasteiger partial charge in [-0.25, -0.2) is 4.98 Å². The molecule has 0 saturated carbocycles. The van der Waals surface area contributed by atoms with E-state index in [4.69, 9.17) is 0 Å². The van der Waals surface area contributed by atoms with Crippen LogP contribution in [-0.2, 0) is 9.59 Å². The molecule has 1 aromatic carbocycles. The lowest BCUT2D eigenvalue weighted by molar-refractivity contribution is -0.135. The molecule has 1 fully saturated rings. The summed E-state index contributed by atoms with van der Waals surface area (Å²) in [5, 5.41) is 15.2. The second-order valence-corrected chi connectivity index (χ2v) is 14.0. The van der Waals surface area contributed by atoms with Crippen molar-refractivity contribution in [3.05, 3.63) is 58.3 Å². The summed E-state index contributed by atoms with van der Waals surface area (Å²) in [4.78, 5) is 40.6. The van der Waals surface area contributed by atoms with E-state index in [-0.39, 0.29) is 23.1 Å². The number of amides is 2. The van der Waals surface area contributed by atoms with E-state index in [1.54, 1.807) is 11.3 Å². The Morgan fingerprint density at radius 2 is 2.11 bits per heavy atom. The molecule has 0 spiro atoms. The Labute approximate surface area is 263 Å². The third kappa shape index (κ3) is 5.89. The van der Waals surface area contributed by atoms with E-state index in [9.17, 15) is 9.59 Å². The number of anilines is 1. The first-order chi connectivity index (χ1) is 21.2. The Hall–Kier alpha value is -3.63. The average molecular weight is 614 g/mol. The van der Waals surface area contributed by atoms with Crippen molar-refractivity contribution in [2.24, 2.45) is 15.8 Å². The van der Waals surface area contributed by atoms with Crippen molar-refractivity contribution in [1.29, 1.82) is 0 Å². The van der Waals surface area contributed by atoms with Gasteiger partial charge < -0.3 is 10.2 Å². The standard InChI is InChI=1S/C34H43N7O2S/c1-5-33(3,4)34(12-17-40(22-34)21-29(42)41-15-10-24(11-16-41)31-36-14-18-44-31)32(43)37-26-8-9-28-27(20-26)30(39-38-28)25-7-6-13-35-23(2)19-25/h8-10,13-14,18-20,25H,5-7,11-12,15-17,21-22H2,1-4H3,(H,37,43)(H,38,39). The van der Waals surface area contributed by atoms with Crippen LogP contribution in [0.15, 0.2) is 52.6 Å². The molecule has 232 valence electrons. The number of carbonyl (C=O) groups is 2. The minimum absolute atomic E-state index is 0.0243. The molecule has 0 aliphatic carbocycles. The molecule has 2 atom stereocenters. The molecule has 2 aromatic heterocycles. The van der Waals surface area contributed by atoms with Gasteiger partial charge in [0.05, 0.1) is 23.2 Å². The number of nitrogens with one attached hydrogen (secondary N) is 2. The van der Waals surface area contributed by atoms with E-state index >= 15 is 0 Å². The van der Waals surface area contributed by atoms with Crippen molar-refractivity contribution >= 4 is 51.5 Å². The zero-order valence-corrected chi connectivity index (χ0v) is 27.0. The summed E-state index contributed by atoms with van der Waals surface area (Å²) in [6.07, 6.45) is 12.4. The lowest BCUT2D eigenvalue weighted by Crippen LogP contribution is -2.50. The quantitative estimate of drug-likeness (QED) is 0.312. The number of hydrogen-bond donors (Lipinski definition) is 2. The predicted molar refractivity (Wildman–Crippen MR) is 178 cm³/mol. The topological polar surface area (TPSA) is 107 Å². The van der Waals surface area contributed by atoms with Crippen LogP contribution in [-0.4, -0.2) is 75.7 Å². The highest BCUT2D eigenvalue weighted by Gasteiger charge is 2.54. The van der Waals surface area contributed by atoms with Gasteiger partial charge in [0.2, 0.25) is 11.8 Å². The third-order valence-corrected chi connectivity index (χ3v) is 11.0. The fourth-order valence-electron chi connectivity index (χ4n) is 6.92. The SMILES string of the molecule is CCC(C)(C)C1(C(=O)Nc2ccc3n[nH]c(C4C=C(C)N=CCC4)c3c2)CCN(CC(=O)N2CC=C(c3nccs3)CC2)C1. The second kappa shape index (κ2) is 12.4. The molecule has 0 bridgehead atoms. The molecule has 44 heavy (non-hydrogen) atoms. The highest BCUT2D eigenvalue weighted by molar-refractivity contribution is 7.10. The number of H-pyrrole nitrogens is 1. The minimum Gasteiger partial charge on any atom is -0.338 e. The van der Waals surface area contributed by atoms with Crippen molar-refractivity contribution < 1.29 is 9.59 Å². The molecule has 5 heterocycles. The predicted octanol–water partition coefficient (Wildman–Crippen LogP) is 6.25. The lowest BCUT2D eigenvalue weighted by atomic mass is 9.62. The maximum Gasteiger partial charge on any atom is 0.237 e. The Morgan fingerprint density at radius 3 is 2.86 bits per heavy atom. The molecule has 10 heteroatoms. The first-order valence-corrected chi connectivity index (χ1v) is 16.7. The number of hydrogen-bond acceptors (Lipinski definition) is 7. The van der Waals surface area contributed by atoms with E-state index in [0.29, 0.717) is 32.6 Å². The fourth-order valence-corrected chi connectivity index (χ4v) is 7.63. The molecule has 3 aliphatic heterocycles.